The molecule has 2 fully saturated rings. The van der Waals surface area contributed by atoms with E-state index in [4.69, 9.17) is 0 Å². The second kappa shape index (κ2) is 6.71. The highest BCUT2D eigenvalue weighted by molar-refractivity contribution is 5.78. The third-order valence-electron chi connectivity index (χ3n) is 4.68. The Morgan fingerprint density at radius 1 is 1.21 bits per heavy atom. The van der Waals surface area contributed by atoms with Crippen LogP contribution in [0.1, 0.15) is 52.4 Å². The van der Waals surface area contributed by atoms with Gasteiger partial charge in [0.25, 0.3) is 0 Å². The fourth-order valence-electron chi connectivity index (χ4n) is 3.49. The van der Waals surface area contributed by atoms with Gasteiger partial charge in [-0.15, -0.1) is 0 Å². The molecule has 0 radical (unpaired) electrons. The summed E-state index contributed by atoms with van der Waals surface area (Å²) in [5.41, 5.74) is 0. The van der Waals surface area contributed by atoms with E-state index in [0.717, 1.165) is 38.8 Å². The summed E-state index contributed by atoms with van der Waals surface area (Å²) in [4.78, 5) is 16.7. The van der Waals surface area contributed by atoms with Crippen molar-refractivity contribution < 1.29 is 9.90 Å². The van der Waals surface area contributed by atoms with Crippen molar-refractivity contribution in [1.29, 1.82) is 0 Å². The maximum Gasteiger partial charge on any atom is 0.236 e. The van der Waals surface area contributed by atoms with E-state index < -0.39 is 0 Å². The Morgan fingerprint density at radius 3 is 2.58 bits per heavy atom. The lowest BCUT2D eigenvalue weighted by Crippen LogP contribution is -2.52. The Bertz CT molecular complexity index is 307. The van der Waals surface area contributed by atoms with Crippen LogP contribution in [0.15, 0.2) is 0 Å². The van der Waals surface area contributed by atoms with Gasteiger partial charge in [-0.2, -0.15) is 0 Å². The van der Waals surface area contributed by atoms with Crippen LogP contribution in [-0.2, 0) is 4.79 Å². The van der Waals surface area contributed by atoms with Crippen LogP contribution in [0.4, 0.5) is 0 Å². The molecule has 0 bridgehead atoms. The van der Waals surface area contributed by atoms with Gasteiger partial charge in [0, 0.05) is 18.6 Å². The first-order chi connectivity index (χ1) is 9.09. The van der Waals surface area contributed by atoms with Gasteiger partial charge in [-0.3, -0.25) is 9.69 Å². The summed E-state index contributed by atoms with van der Waals surface area (Å²) >= 11 is 0. The van der Waals surface area contributed by atoms with Gasteiger partial charge in [0.1, 0.15) is 0 Å². The number of hydrogen-bond acceptors (Lipinski definition) is 3. The lowest BCUT2D eigenvalue weighted by atomic mass is 9.98. The van der Waals surface area contributed by atoms with E-state index in [1.165, 1.54) is 12.8 Å². The molecular weight excluding hydrogens is 240 g/mol. The quantitative estimate of drug-likeness (QED) is 0.846. The number of rotatable bonds is 3. The summed E-state index contributed by atoms with van der Waals surface area (Å²) in [6, 6.07) is 0.550. The molecule has 0 spiro atoms. The molecular formula is C15H28N2O2. The van der Waals surface area contributed by atoms with Crippen molar-refractivity contribution in [2.24, 2.45) is 0 Å². The summed E-state index contributed by atoms with van der Waals surface area (Å²) < 4.78 is 0. The molecule has 110 valence electrons. The van der Waals surface area contributed by atoms with E-state index in [2.05, 4.69) is 11.8 Å². The first-order valence-corrected chi connectivity index (χ1v) is 7.81. The zero-order valence-electron chi connectivity index (χ0n) is 12.3. The van der Waals surface area contributed by atoms with E-state index >= 15 is 0 Å². The van der Waals surface area contributed by atoms with Crippen molar-refractivity contribution in [3.8, 4) is 0 Å². The van der Waals surface area contributed by atoms with Gasteiger partial charge < -0.3 is 10.0 Å². The minimum absolute atomic E-state index is 0.165. The van der Waals surface area contributed by atoms with Gasteiger partial charge in [-0.25, -0.2) is 0 Å². The molecule has 0 unspecified atom stereocenters. The molecule has 2 aliphatic rings. The minimum atomic E-state index is -0.341. The van der Waals surface area contributed by atoms with Crippen LogP contribution >= 0.6 is 0 Å². The number of carbonyl (C=O) groups excluding carboxylic acids is 1. The van der Waals surface area contributed by atoms with Gasteiger partial charge in [-0.1, -0.05) is 6.42 Å². The zero-order chi connectivity index (χ0) is 13.8. The standard InChI is InChI=1S/C15H28N2O2/c1-12-7-3-6-10-17(12)15(19)11-16-9-5-4-8-14(16)13(2)18/h12-14,18H,3-11H2,1-2H3/t12-,13+,14-/m1/s1. The molecule has 0 aromatic carbocycles. The summed E-state index contributed by atoms with van der Waals surface area (Å²) in [7, 11) is 0. The molecule has 4 heteroatoms. The fourth-order valence-corrected chi connectivity index (χ4v) is 3.49. The third kappa shape index (κ3) is 3.69. The first-order valence-electron chi connectivity index (χ1n) is 7.81. The van der Waals surface area contributed by atoms with Gasteiger partial charge in [0.2, 0.25) is 5.91 Å². The number of aliphatic hydroxyl groups is 1. The molecule has 0 aliphatic carbocycles. The molecule has 3 atom stereocenters. The van der Waals surface area contributed by atoms with E-state index in [9.17, 15) is 9.90 Å². The number of amides is 1. The number of piperidine rings is 2. The topological polar surface area (TPSA) is 43.8 Å². The number of carbonyl (C=O) groups is 1. The molecule has 0 aromatic rings. The highest BCUT2D eigenvalue weighted by Gasteiger charge is 2.30. The predicted octanol–water partition coefficient (Wildman–Crippen LogP) is 1.62. The minimum Gasteiger partial charge on any atom is -0.392 e. The molecule has 2 rings (SSSR count). The summed E-state index contributed by atoms with van der Waals surface area (Å²) in [6.07, 6.45) is 6.49. The van der Waals surface area contributed by atoms with E-state index in [1.807, 2.05) is 11.8 Å². The Labute approximate surface area is 116 Å². The lowest BCUT2D eigenvalue weighted by Gasteiger charge is -2.40. The average Bonchev–Trinajstić information content (AvgIpc) is 2.39. The zero-order valence-corrected chi connectivity index (χ0v) is 12.3. The van der Waals surface area contributed by atoms with Crippen molar-refractivity contribution >= 4 is 5.91 Å². The summed E-state index contributed by atoms with van der Waals surface area (Å²) in [5, 5.41) is 9.86. The SMILES string of the molecule is C[C@H](O)[C@H]1CCCCN1CC(=O)N1CCCC[C@H]1C. The third-order valence-corrected chi connectivity index (χ3v) is 4.68. The summed E-state index contributed by atoms with van der Waals surface area (Å²) in [5.74, 6) is 0.250. The van der Waals surface area contributed by atoms with Crippen LogP contribution in [0, 0.1) is 0 Å². The van der Waals surface area contributed by atoms with Gasteiger partial charge in [-0.05, 0) is 52.5 Å². The number of aliphatic hydroxyl groups excluding tert-OH is 1. The molecule has 0 aromatic heterocycles. The second-order valence-corrected chi connectivity index (χ2v) is 6.21. The van der Waals surface area contributed by atoms with Crippen molar-refractivity contribution in [1.82, 2.24) is 9.80 Å². The van der Waals surface area contributed by atoms with E-state index in [0.29, 0.717) is 12.6 Å². The molecule has 2 aliphatic heterocycles. The smallest absolute Gasteiger partial charge is 0.236 e. The molecule has 4 nitrogen and oxygen atoms in total. The van der Waals surface area contributed by atoms with Gasteiger partial charge in [0.05, 0.1) is 12.6 Å². The van der Waals surface area contributed by atoms with E-state index in [1.54, 1.807) is 0 Å². The Morgan fingerprint density at radius 2 is 1.89 bits per heavy atom. The lowest BCUT2D eigenvalue weighted by molar-refractivity contribution is -0.137. The molecule has 0 saturated carbocycles. The Hall–Kier alpha value is -0.610. The van der Waals surface area contributed by atoms with Gasteiger partial charge >= 0.3 is 0 Å². The largest absolute Gasteiger partial charge is 0.392 e. The Kier molecular flexibility index (Phi) is 5.22. The van der Waals surface area contributed by atoms with Crippen LogP contribution < -0.4 is 0 Å². The number of likely N-dealkylation sites (tertiary alicyclic amines) is 2. The van der Waals surface area contributed by atoms with Crippen LogP contribution in [0.3, 0.4) is 0 Å². The number of nitrogens with zero attached hydrogens (tertiary/aromatic N) is 2. The average molecular weight is 268 g/mol. The van der Waals surface area contributed by atoms with Crippen LogP contribution in [-0.4, -0.2) is 58.6 Å². The Balaban J connectivity index is 1.92. The van der Waals surface area contributed by atoms with Gasteiger partial charge in [0.15, 0.2) is 0 Å². The normalized spacial score (nSPS) is 31.2. The maximum atomic E-state index is 12.4. The first kappa shape index (κ1) is 14.8. The monoisotopic (exact) mass is 268 g/mol. The molecule has 1 N–H and O–H groups in total. The molecule has 1 amide bonds. The van der Waals surface area contributed by atoms with Crippen LogP contribution in [0.25, 0.3) is 0 Å². The highest BCUT2D eigenvalue weighted by Crippen LogP contribution is 2.21. The predicted molar refractivity (Wildman–Crippen MR) is 75.9 cm³/mol. The summed E-state index contributed by atoms with van der Waals surface area (Å²) in [6.45, 7) is 6.34. The highest BCUT2D eigenvalue weighted by atomic mass is 16.3. The number of hydrogen-bond donors (Lipinski definition) is 1. The van der Waals surface area contributed by atoms with Crippen LogP contribution in [0.5, 0.6) is 0 Å². The van der Waals surface area contributed by atoms with Crippen molar-refractivity contribution in [2.75, 3.05) is 19.6 Å². The van der Waals surface area contributed by atoms with E-state index in [-0.39, 0.29) is 18.1 Å². The molecule has 2 saturated heterocycles. The molecule has 2 heterocycles. The van der Waals surface area contributed by atoms with Crippen molar-refractivity contribution in [2.45, 2.75) is 70.6 Å². The van der Waals surface area contributed by atoms with Crippen molar-refractivity contribution in [3.05, 3.63) is 0 Å². The van der Waals surface area contributed by atoms with Crippen molar-refractivity contribution in [3.63, 3.8) is 0 Å². The molecule has 19 heavy (non-hydrogen) atoms. The fraction of sp³-hybridized carbons (Fsp3) is 0.933. The van der Waals surface area contributed by atoms with Crippen LogP contribution in [0.2, 0.25) is 0 Å². The maximum absolute atomic E-state index is 12.4. The second-order valence-electron chi connectivity index (χ2n) is 6.21.